The summed E-state index contributed by atoms with van der Waals surface area (Å²) < 4.78 is 5.04. The highest BCUT2D eigenvalue weighted by Crippen LogP contribution is 2.30. The van der Waals surface area contributed by atoms with E-state index in [1.165, 1.54) is 0 Å². The molecule has 0 aromatic heterocycles. The summed E-state index contributed by atoms with van der Waals surface area (Å²) in [6.45, 7) is 0. The average molecular weight is 278 g/mol. The van der Waals surface area contributed by atoms with Crippen LogP contribution in [0.4, 0.5) is 0 Å². The molecule has 16 heavy (non-hydrogen) atoms. The molecule has 0 radical (unpaired) electrons. The van der Waals surface area contributed by atoms with Gasteiger partial charge in [-0.15, -0.1) is 11.6 Å². The van der Waals surface area contributed by atoms with Crippen molar-refractivity contribution in [2.45, 2.75) is 12.8 Å². The maximum atomic E-state index is 6.03. The lowest BCUT2D eigenvalue weighted by molar-refractivity contribution is 0.415. The van der Waals surface area contributed by atoms with E-state index in [4.69, 9.17) is 39.5 Å². The van der Waals surface area contributed by atoms with Gasteiger partial charge in [0.25, 0.3) is 0 Å². The molecule has 4 heteroatoms. The fraction of sp³-hybridized carbons (Fsp3) is 0.333. The minimum atomic E-state index is 0.508. The number of ether oxygens (including phenoxy) is 1. The molecule has 0 aliphatic carbocycles. The molecule has 0 atom stereocenters. The van der Waals surface area contributed by atoms with Crippen LogP contribution in [0.3, 0.4) is 0 Å². The van der Waals surface area contributed by atoms with Gasteiger partial charge in [-0.1, -0.05) is 35.0 Å². The Morgan fingerprint density at radius 2 is 2.00 bits per heavy atom. The van der Waals surface area contributed by atoms with Crippen molar-refractivity contribution < 1.29 is 4.74 Å². The smallest absolute Gasteiger partial charge is 0.139 e. The summed E-state index contributed by atoms with van der Waals surface area (Å²) in [6, 6.07) is 3.37. The third-order valence-electron chi connectivity index (χ3n) is 1.90. The Hall–Kier alpha value is -0.550. The monoisotopic (exact) mass is 276 g/mol. The standard InChI is InChI=1S/C12H11Cl3O/c1-16-12-8-10(14)9(7-11(12)15)5-3-2-4-6-13/h7-8H,2,4,6H2,1H3. The molecule has 0 saturated carbocycles. The van der Waals surface area contributed by atoms with E-state index in [-0.39, 0.29) is 0 Å². The van der Waals surface area contributed by atoms with Crippen molar-refractivity contribution in [3.8, 4) is 17.6 Å². The van der Waals surface area contributed by atoms with Gasteiger partial charge in [-0.2, -0.15) is 0 Å². The molecule has 0 aliphatic heterocycles. The number of hydrogen-bond acceptors (Lipinski definition) is 1. The lowest BCUT2D eigenvalue weighted by atomic mass is 10.2. The van der Waals surface area contributed by atoms with Gasteiger partial charge in [-0.05, 0) is 12.5 Å². The first-order valence-corrected chi connectivity index (χ1v) is 6.06. The van der Waals surface area contributed by atoms with Crippen LogP contribution in [0.5, 0.6) is 5.75 Å². The van der Waals surface area contributed by atoms with Gasteiger partial charge >= 0.3 is 0 Å². The van der Waals surface area contributed by atoms with Crippen LogP contribution in [0, 0.1) is 11.8 Å². The minimum Gasteiger partial charge on any atom is -0.495 e. The second-order valence-electron chi connectivity index (χ2n) is 3.06. The van der Waals surface area contributed by atoms with Gasteiger partial charge in [0.1, 0.15) is 5.75 Å². The molecule has 0 heterocycles. The van der Waals surface area contributed by atoms with E-state index < -0.39 is 0 Å². The van der Waals surface area contributed by atoms with E-state index in [1.54, 1.807) is 19.2 Å². The topological polar surface area (TPSA) is 9.23 Å². The number of unbranched alkanes of at least 4 members (excludes halogenated alkanes) is 1. The summed E-state index contributed by atoms with van der Waals surface area (Å²) in [5, 5.41) is 1.05. The van der Waals surface area contributed by atoms with Crippen molar-refractivity contribution in [2.75, 3.05) is 13.0 Å². The average Bonchev–Trinajstić information content (AvgIpc) is 2.28. The third-order valence-corrected chi connectivity index (χ3v) is 2.78. The molecule has 1 aromatic rings. The molecule has 0 N–H and O–H groups in total. The fourth-order valence-corrected chi connectivity index (χ4v) is 1.67. The van der Waals surface area contributed by atoms with Crippen molar-refractivity contribution in [3.05, 3.63) is 27.7 Å². The Kier molecular flexibility index (Phi) is 5.84. The van der Waals surface area contributed by atoms with Crippen LogP contribution in [0.1, 0.15) is 18.4 Å². The number of benzene rings is 1. The van der Waals surface area contributed by atoms with Crippen LogP contribution in [0.15, 0.2) is 12.1 Å². The summed E-state index contributed by atoms with van der Waals surface area (Å²) in [7, 11) is 1.55. The Balaban J connectivity index is 2.87. The first-order chi connectivity index (χ1) is 7.69. The molecule has 1 aromatic carbocycles. The summed E-state index contributed by atoms with van der Waals surface area (Å²) in [5.41, 5.74) is 0.710. The van der Waals surface area contributed by atoms with Crippen LogP contribution in [0.25, 0.3) is 0 Å². The molecule has 0 spiro atoms. The first kappa shape index (κ1) is 13.5. The number of rotatable bonds is 3. The molecule has 1 nitrogen and oxygen atoms in total. The number of methoxy groups -OCH3 is 1. The second kappa shape index (κ2) is 6.91. The lowest BCUT2D eigenvalue weighted by Crippen LogP contribution is -1.86. The summed E-state index contributed by atoms with van der Waals surface area (Å²) in [5.74, 6) is 7.12. The normalized spacial score (nSPS) is 9.50. The first-order valence-electron chi connectivity index (χ1n) is 4.77. The van der Waals surface area contributed by atoms with Crippen LogP contribution >= 0.6 is 34.8 Å². The molecule has 0 amide bonds. The molecule has 0 aliphatic rings. The van der Waals surface area contributed by atoms with E-state index >= 15 is 0 Å². The van der Waals surface area contributed by atoms with E-state index in [9.17, 15) is 0 Å². The predicted octanol–water partition coefficient (Wildman–Crippen LogP) is 4.37. The SMILES string of the molecule is COc1cc(Cl)c(C#CCCCCl)cc1Cl. The van der Waals surface area contributed by atoms with Gasteiger partial charge in [0.15, 0.2) is 0 Å². The van der Waals surface area contributed by atoms with Crippen LogP contribution in [0.2, 0.25) is 10.0 Å². The summed E-state index contributed by atoms with van der Waals surface area (Å²) in [4.78, 5) is 0. The quantitative estimate of drug-likeness (QED) is 0.453. The highest BCUT2D eigenvalue weighted by Gasteiger charge is 2.05. The zero-order valence-corrected chi connectivity index (χ0v) is 11.1. The van der Waals surface area contributed by atoms with E-state index in [1.807, 2.05) is 0 Å². The molecular formula is C12H11Cl3O. The van der Waals surface area contributed by atoms with Crippen molar-refractivity contribution >= 4 is 34.8 Å². The third kappa shape index (κ3) is 3.79. The van der Waals surface area contributed by atoms with Gasteiger partial charge < -0.3 is 4.74 Å². The molecule has 86 valence electrons. The van der Waals surface area contributed by atoms with Gasteiger partial charge in [0, 0.05) is 23.9 Å². The Morgan fingerprint density at radius 1 is 1.25 bits per heavy atom. The van der Waals surface area contributed by atoms with Crippen molar-refractivity contribution in [1.29, 1.82) is 0 Å². The maximum Gasteiger partial charge on any atom is 0.139 e. The molecule has 0 unspecified atom stereocenters. The van der Waals surface area contributed by atoms with Gasteiger partial charge in [0.05, 0.1) is 17.2 Å². The zero-order valence-electron chi connectivity index (χ0n) is 8.82. The molecule has 0 saturated heterocycles. The van der Waals surface area contributed by atoms with Crippen LogP contribution in [-0.2, 0) is 0 Å². The second-order valence-corrected chi connectivity index (χ2v) is 4.25. The minimum absolute atomic E-state index is 0.508. The lowest BCUT2D eigenvalue weighted by Gasteiger charge is -2.04. The molecule has 0 fully saturated rings. The van der Waals surface area contributed by atoms with Gasteiger partial charge in [0.2, 0.25) is 0 Å². The number of alkyl halides is 1. The molecule has 0 bridgehead atoms. The highest BCUT2D eigenvalue weighted by molar-refractivity contribution is 6.35. The van der Waals surface area contributed by atoms with Crippen LogP contribution in [-0.4, -0.2) is 13.0 Å². The summed E-state index contributed by atoms with van der Waals surface area (Å²) in [6.07, 6.45) is 1.62. The van der Waals surface area contributed by atoms with Gasteiger partial charge in [-0.3, -0.25) is 0 Å². The van der Waals surface area contributed by atoms with Gasteiger partial charge in [-0.25, -0.2) is 0 Å². The highest BCUT2D eigenvalue weighted by atomic mass is 35.5. The molecule has 1 rings (SSSR count). The Bertz CT molecular complexity index is 418. The van der Waals surface area contributed by atoms with Crippen molar-refractivity contribution in [2.24, 2.45) is 0 Å². The predicted molar refractivity (Wildman–Crippen MR) is 69.8 cm³/mol. The Morgan fingerprint density at radius 3 is 2.62 bits per heavy atom. The van der Waals surface area contributed by atoms with Crippen LogP contribution < -0.4 is 4.74 Å². The largest absolute Gasteiger partial charge is 0.495 e. The Labute approximate surface area is 111 Å². The maximum absolute atomic E-state index is 6.03. The van der Waals surface area contributed by atoms with Crippen molar-refractivity contribution in [3.63, 3.8) is 0 Å². The van der Waals surface area contributed by atoms with E-state index in [2.05, 4.69) is 11.8 Å². The number of halogens is 3. The number of hydrogen-bond donors (Lipinski definition) is 0. The molecular weight excluding hydrogens is 266 g/mol. The van der Waals surface area contributed by atoms with E-state index in [0.29, 0.717) is 27.2 Å². The zero-order chi connectivity index (χ0) is 12.0. The van der Waals surface area contributed by atoms with Crippen molar-refractivity contribution in [1.82, 2.24) is 0 Å². The summed E-state index contributed by atoms with van der Waals surface area (Å²) >= 11 is 17.5. The fourth-order valence-electron chi connectivity index (χ4n) is 1.09. The van der Waals surface area contributed by atoms with E-state index in [0.717, 1.165) is 12.8 Å².